The van der Waals surface area contributed by atoms with Crippen molar-refractivity contribution < 1.29 is 9.53 Å². The third kappa shape index (κ3) is 3.79. The number of carbonyl (C=O) groups is 1. The summed E-state index contributed by atoms with van der Waals surface area (Å²) in [6.45, 7) is 6.25. The van der Waals surface area contributed by atoms with E-state index in [0.717, 1.165) is 69.7 Å². The second-order valence-electron chi connectivity index (χ2n) is 7.99. The summed E-state index contributed by atoms with van der Waals surface area (Å²) >= 11 is 0. The van der Waals surface area contributed by atoms with Gasteiger partial charge in [0.25, 0.3) is 5.91 Å². The van der Waals surface area contributed by atoms with Gasteiger partial charge in [0.2, 0.25) is 0 Å². The zero-order valence-electron chi connectivity index (χ0n) is 16.2. The molecule has 27 heavy (non-hydrogen) atoms. The molecular weight excluding hydrogens is 338 g/mol. The van der Waals surface area contributed by atoms with Crippen LogP contribution in [0.1, 0.15) is 54.2 Å². The molecule has 1 aromatic heterocycles. The second kappa shape index (κ2) is 7.85. The molecule has 1 amide bonds. The van der Waals surface area contributed by atoms with E-state index in [9.17, 15) is 4.79 Å². The quantitative estimate of drug-likeness (QED) is 0.812. The smallest absolute Gasteiger partial charge is 0.257 e. The fourth-order valence-electron chi connectivity index (χ4n) is 4.47. The van der Waals surface area contributed by atoms with Gasteiger partial charge >= 0.3 is 0 Å². The molecule has 2 saturated heterocycles. The van der Waals surface area contributed by atoms with Crippen LogP contribution < -0.4 is 0 Å². The van der Waals surface area contributed by atoms with Crippen molar-refractivity contribution >= 4 is 5.91 Å². The Labute approximate surface area is 161 Å². The first kappa shape index (κ1) is 18.2. The first-order valence-electron chi connectivity index (χ1n) is 10.2. The average molecular weight is 367 g/mol. The van der Waals surface area contributed by atoms with Gasteiger partial charge in [-0.05, 0) is 36.7 Å². The molecule has 0 N–H and O–H groups in total. The summed E-state index contributed by atoms with van der Waals surface area (Å²) in [6, 6.07) is 10.3. The maximum absolute atomic E-state index is 13.3. The summed E-state index contributed by atoms with van der Waals surface area (Å²) in [5.74, 6) is 0.154. The molecular formula is C22H29N3O2. The molecule has 0 saturated carbocycles. The minimum atomic E-state index is 0.154. The zero-order valence-corrected chi connectivity index (χ0v) is 16.2. The SMILES string of the molecule is CCCc1c(C(=O)N2CCC3(CCOCC3)C2)cnn1Cc1ccccc1. The highest BCUT2D eigenvalue weighted by molar-refractivity contribution is 5.95. The van der Waals surface area contributed by atoms with Gasteiger partial charge in [-0.1, -0.05) is 43.7 Å². The topological polar surface area (TPSA) is 47.4 Å². The zero-order chi connectivity index (χ0) is 18.7. The second-order valence-corrected chi connectivity index (χ2v) is 7.99. The highest BCUT2D eigenvalue weighted by atomic mass is 16.5. The molecule has 1 aromatic carbocycles. The fourth-order valence-corrected chi connectivity index (χ4v) is 4.47. The maximum Gasteiger partial charge on any atom is 0.257 e. The summed E-state index contributed by atoms with van der Waals surface area (Å²) in [5, 5.41) is 4.58. The van der Waals surface area contributed by atoms with Crippen molar-refractivity contribution in [1.82, 2.24) is 14.7 Å². The number of likely N-dealkylation sites (tertiary alicyclic amines) is 1. The van der Waals surface area contributed by atoms with Gasteiger partial charge in [0.05, 0.1) is 24.0 Å². The van der Waals surface area contributed by atoms with Crippen molar-refractivity contribution in [2.24, 2.45) is 5.41 Å². The molecule has 2 aliphatic rings. The number of ether oxygens (including phenoxy) is 1. The molecule has 0 aliphatic carbocycles. The van der Waals surface area contributed by atoms with Crippen LogP contribution in [0.2, 0.25) is 0 Å². The molecule has 4 rings (SSSR count). The van der Waals surface area contributed by atoms with Crippen molar-refractivity contribution in [3.05, 3.63) is 53.3 Å². The van der Waals surface area contributed by atoms with Gasteiger partial charge in [-0.25, -0.2) is 0 Å². The molecule has 0 bridgehead atoms. The number of amides is 1. The van der Waals surface area contributed by atoms with E-state index >= 15 is 0 Å². The number of carbonyl (C=O) groups excluding carboxylic acids is 1. The lowest BCUT2D eigenvalue weighted by Crippen LogP contribution is -2.35. The Hall–Kier alpha value is -2.14. The fraction of sp³-hybridized carbons (Fsp3) is 0.545. The van der Waals surface area contributed by atoms with E-state index in [2.05, 4.69) is 24.2 Å². The van der Waals surface area contributed by atoms with Gasteiger partial charge in [-0.3, -0.25) is 9.48 Å². The molecule has 2 fully saturated rings. The standard InChI is InChI=1S/C22H29N3O2/c1-2-6-20-19(15-23-25(20)16-18-7-4-3-5-8-18)21(26)24-12-9-22(17-24)10-13-27-14-11-22/h3-5,7-8,15H,2,6,9-14,16-17H2,1H3. The molecule has 3 heterocycles. The summed E-state index contributed by atoms with van der Waals surface area (Å²) in [7, 11) is 0. The lowest BCUT2D eigenvalue weighted by atomic mass is 9.80. The molecule has 0 atom stereocenters. The number of nitrogens with zero attached hydrogens (tertiary/aromatic N) is 3. The molecule has 5 nitrogen and oxygen atoms in total. The molecule has 2 aromatic rings. The maximum atomic E-state index is 13.3. The Morgan fingerprint density at radius 1 is 1.19 bits per heavy atom. The van der Waals surface area contributed by atoms with Gasteiger partial charge in [-0.15, -0.1) is 0 Å². The van der Waals surface area contributed by atoms with Crippen molar-refractivity contribution in [1.29, 1.82) is 0 Å². The number of benzene rings is 1. The van der Waals surface area contributed by atoms with E-state index in [4.69, 9.17) is 4.74 Å². The third-order valence-electron chi connectivity index (χ3n) is 6.12. The van der Waals surface area contributed by atoms with Gasteiger partial charge in [-0.2, -0.15) is 5.10 Å². The third-order valence-corrected chi connectivity index (χ3v) is 6.12. The molecule has 0 radical (unpaired) electrons. The van der Waals surface area contributed by atoms with E-state index < -0.39 is 0 Å². The van der Waals surface area contributed by atoms with Crippen LogP contribution in [0.3, 0.4) is 0 Å². The van der Waals surface area contributed by atoms with Crippen LogP contribution in [0.15, 0.2) is 36.5 Å². The number of aromatic nitrogens is 2. The summed E-state index contributed by atoms with van der Waals surface area (Å²) in [6.07, 6.45) is 6.91. The molecule has 144 valence electrons. The highest BCUT2D eigenvalue weighted by Gasteiger charge is 2.41. The Morgan fingerprint density at radius 3 is 2.70 bits per heavy atom. The number of rotatable bonds is 5. The van der Waals surface area contributed by atoms with Crippen LogP contribution in [0.25, 0.3) is 0 Å². The van der Waals surface area contributed by atoms with Crippen LogP contribution in [-0.4, -0.2) is 46.9 Å². The molecule has 0 unspecified atom stereocenters. The van der Waals surface area contributed by atoms with Crippen LogP contribution in [-0.2, 0) is 17.7 Å². The van der Waals surface area contributed by atoms with Crippen molar-refractivity contribution in [2.75, 3.05) is 26.3 Å². The predicted octanol–water partition coefficient (Wildman–Crippen LogP) is 3.53. The Balaban J connectivity index is 1.53. The monoisotopic (exact) mass is 367 g/mol. The van der Waals surface area contributed by atoms with Crippen LogP contribution in [0, 0.1) is 5.41 Å². The predicted molar refractivity (Wildman–Crippen MR) is 105 cm³/mol. The summed E-state index contributed by atoms with van der Waals surface area (Å²) < 4.78 is 7.54. The van der Waals surface area contributed by atoms with Crippen LogP contribution >= 0.6 is 0 Å². The Kier molecular flexibility index (Phi) is 5.30. The van der Waals surface area contributed by atoms with Gasteiger partial charge in [0.1, 0.15) is 0 Å². The van der Waals surface area contributed by atoms with E-state index in [0.29, 0.717) is 6.54 Å². The van der Waals surface area contributed by atoms with Crippen molar-refractivity contribution in [2.45, 2.75) is 45.6 Å². The lowest BCUT2D eigenvalue weighted by Gasteiger charge is -2.33. The molecule has 1 spiro atoms. The highest BCUT2D eigenvalue weighted by Crippen LogP contribution is 2.40. The van der Waals surface area contributed by atoms with Crippen LogP contribution in [0.5, 0.6) is 0 Å². The van der Waals surface area contributed by atoms with Crippen molar-refractivity contribution in [3.8, 4) is 0 Å². The molecule has 2 aliphatic heterocycles. The number of hydrogen-bond acceptors (Lipinski definition) is 3. The average Bonchev–Trinajstić information content (AvgIpc) is 3.28. The Morgan fingerprint density at radius 2 is 1.96 bits per heavy atom. The van der Waals surface area contributed by atoms with E-state index in [1.807, 2.05) is 27.8 Å². The lowest BCUT2D eigenvalue weighted by molar-refractivity contribution is 0.0190. The van der Waals surface area contributed by atoms with Gasteiger partial charge < -0.3 is 9.64 Å². The minimum Gasteiger partial charge on any atom is -0.381 e. The normalized spacial score (nSPS) is 18.9. The van der Waals surface area contributed by atoms with Crippen LogP contribution in [0.4, 0.5) is 0 Å². The first-order valence-corrected chi connectivity index (χ1v) is 10.2. The Bertz CT molecular complexity index is 778. The van der Waals surface area contributed by atoms with E-state index in [1.165, 1.54) is 5.56 Å². The van der Waals surface area contributed by atoms with E-state index in [-0.39, 0.29) is 11.3 Å². The van der Waals surface area contributed by atoms with Crippen molar-refractivity contribution in [3.63, 3.8) is 0 Å². The molecule has 5 heteroatoms. The first-order chi connectivity index (χ1) is 13.2. The summed E-state index contributed by atoms with van der Waals surface area (Å²) in [5.41, 5.74) is 3.34. The van der Waals surface area contributed by atoms with Gasteiger partial charge in [0.15, 0.2) is 0 Å². The minimum absolute atomic E-state index is 0.154. The largest absolute Gasteiger partial charge is 0.381 e. The summed E-state index contributed by atoms with van der Waals surface area (Å²) in [4.78, 5) is 15.3. The van der Waals surface area contributed by atoms with E-state index in [1.54, 1.807) is 6.20 Å². The van der Waals surface area contributed by atoms with Gasteiger partial charge in [0, 0.05) is 26.3 Å². The number of hydrogen-bond donors (Lipinski definition) is 0.